The molecule has 0 aromatic carbocycles. The van der Waals surface area contributed by atoms with Gasteiger partial charge in [-0.2, -0.15) is 9.61 Å². The highest BCUT2D eigenvalue weighted by Gasteiger charge is 2.29. The lowest BCUT2D eigenvalue weighted by atomic mass is 9.80. The lowest BCUT2D eigenvalue weighted by Gasteiger charge is -2.27. The molecule has 0 radical (unpaired) electrons. The van der Waals surface area contributed by atoms with Crippen molar-refractivity contribution in [3.8, 4) is 0 Å². The summed E-state index contributed by atoms with van der Waals surface area (Å²) < 4.78 is 7.80. The van der Waals surface area contributed by atoms with Gasteiger partial charge >= 0.3 is 5.97 Å². The first-order valence-corrected chi connectivity index (χ1v) is 8.88. The number of carbonyl (C=O) groups is 1. The Morgan fingerprint density at radius 2 is 2.04 bits per heavy atom. The minimum atomic E-state index is -0.0776. The third kappa shape index (κ3) is 3.15. The first kappa shape index (κ1) is 16.5. The van der Waals surface area contributed by atoms with Gasteiger partial charge in [-0.3, -0.25) is 4.79 Å². The lowest BCUT2D eigenvalue weighted by molar-refractivity contribution is -0.146. The fraction of sp³-hybridized carbons (Fsp3) is 0.562. The fourth-order valence-electron chi connectivity index (χ4n) is 3.26. The highest BCUT2D eigenvalue weighted by Crippen LogP contribution is 2.36. The molecule has 1 aliphatic rings. The van der Waals surface area contributed by atoms with Crippen LogP contribution in [0.5, 0.6) is 0 Å². The SMILES string of the molecule is COC(=O)[C@H]1CC[C@H](c2cc(N(C)C)n3ncc(I)c3n2)CC1. The van der Waals surface area contributed by atoms with E-state index in [0.717, 1.165) is 46.4 Å². The summed E-state index contributed by atoms with van der Waals surface area (Å²) in [6.07, 6.45) is 5.53. The zero-order valence-electron chi connectivity index (χ0n) is 13.6. The van der Waals surface area contributed by atoms with E-state index in [2.05, 4.69) is 38.7 Å². The number of ether oxygens (including phenoxy) is 1. The molecule has 0 N–H and O–H groups in total. The number of halogens is 1. The summed E-state index contributed by atoms with van der Waals surface area (Å²) in [5.74, 6) is 1.39. The van der Waals surface area contributed by atoms with E-state index >= 15 is 0 Å². The third-order valence-electron chi connectivity index (χ3n) is 4.57. The topological polar surface area (TPSA) is 59.7 Å². The minimum Gasteiger partial charge on any atom is -0.469 e. The average Bonchev–Trinajstić information content (AvgIpc) is 2.94. The van der Waals surface area contributed by atoms with Crippen LogP contribution in [0.15, 0.2) is 12.3 Å². The van der Waals surface area contributed by atoms with Crippen LogP contribution in [-0.2, 0) is 9.53 Å². The van der Waals surface area contributed by atoms with Gasteiger partial charge in [0.05, 0.1) is 22.8 Å². The minimum absolute atomic E-state index is 0.0448. The van der Waals surface area contributed by atoms with Crippen LogP contribution in [0.1, 0.15) is 37.3 Å². The van der Waals surface area contributed by atoms with Crippen molar-refractivity contribution >= 4 is 40.0 Å². The molecule has 1 aliphatic carbocycles. The van der Waals surface area contributed by atoms with E-state index in [0.29, 0.717) is 5.92 Å². The molecule has 0 aliphatic heterocycles. The van der Waals surface area contributed by atoms with Gasteiger partial charge in [0.2, 0.25) is 0 Å². The van der Waals surface area contributed by atoms with Crippen molar-refractivity contribution in [2.45, 2.75) is 31.6 Å². The zero-order valence-corrected chi connectivity index (χ0v) is 15.8. The molecule has 2 aromatic heterocycles. The Morgan fingerprint density at radius 1 is 1.35 bits per heavy atom. The standard InChI is InChI=1S/C16H21IN4O2/c1-20(2)14-8-13(19-15-12(17)9-18-21(14)15)10-4-6-11(7-5-10)16(22)23-3/h8-11H,4-7H2,1-3H3/t10-,11-. The molecule has 124 valence electrons. The molecule has 0 spiro atoms. The van der Waals surface area contributed by atoms with Crippen LogP contribution >= 0.6 is 22.6 Å². The Hall–Kier alpha value is -1.38. The summed E-state index contributed by atoms with van der Waals surface area (Å²) >= 11 is 2.27. The van der Waals surface area contributed by atoms with Gasteiger partial charge in [0.15, 0.2) is 5.65 Å². The van der Waals surface area contributed by atoms with Gasteiger partial charge in [-0.1, -0.05) is 0 Å². The van der Waals surface area contributed by atoms with Gasteiger partial charge < -0.3 is 9.64 Å². The maximum Gasteiger partial charge on any atom is 0.308 e. The Labute approximate surface area is 149 Å². The number of aromatic nitrogens is 3. The van der Waals surface area contributed by atoms with Gasteiger partial charge in [-0.25, -0.2) is 4.98 Å². The predicted octanol–water partition coefficient (Wildman–Crippen LogP) is 2.85. The van der Waals surface area contributed by atoms with E-state index in [-0.39, 0.29) is 11.9 Å². The highest BCUT2D eigenvalue weighted by molar-refractivity contribution is 14.1. The van der Waals surface area contributed by atoms with Crippen molar-refractivity contribution in [2.75, 3.05) is 26.1 Å². The normalized spacial score (nSPS) is 21.4. The fourth-order valence-corrected chi connectivity index (χ4v) is 3.73. The quantitative estimate of drug-likeness (QED) is 0.556. The number of hydrogen-bond acceptors (Lipinski definition) is 5. The van der Waals surface area contributed by atoms with Gasteiger partial charge in [0.1, 0.15) is 5.82 Å². The first-order valence-electron chi connectivity index (χ1n) is 7.80. The molecule has 2 aromatic rings. The number of methoxy groups -OCH3 is 1. The number of anilines is 1. The number of hydrogen-bond donors (Lipinski definition) is 0. The molecular formula is C16H21IN4O2. The van der Waals surface area contributed by atoms with Crippen molar-refractivity contribution in [3.05, 3.63) is 21.5 Å². The molecular weight excluding hydrogens is 407 g/mol. The van der Waals surface area contributed by atoms with Crippen molar-refractivity contribution in [1.82, 2.24) is 14.6 Å². The molecule has 23 heavy (non-hydrogen) atoms. The molecule has 3 rings (SSSR count). The van der Waals surface area contributed by atoms with Crippen LogP contribution in [-0.4, -0.2) is 41.8 Å². The second kappa shape index (κ2) is 6.62. The molecule has 0 amide bonds. The van der Waals surface area contributed by atoms with Crippen molar-refractivity contribution in [3.63, 3.8) is 0 Å². The maximum atomic E-state index is 11.7. The maximum absolute atomic E-state index is 11.7. The number of nitrogens with zero attached hydrogens (tertiary/aromatic N) is 4. The largest absolute Gasteiger partial charge is 0.469 e. The molecule has 0 bridgehead atoms. The summed E-state index contributed by atoms with van der Waals surface area (Å²) in [6, 6.07) is 2.12. The monoisotopic (exact) mass is 428 g/mol. The highest BCUT2D eigenvalue weighted by atomic mass is 127. The van der Waals surface area contributed by atoms with Gasteiger partial charge in [-0.05, 0) is 48.3 Å². The van der Waals surface area contributed by atoms with Crippen LogP contribution < -0.4 is 4.90 Å². The zero-order chi connectivity index (χ0) is 16.6. The van der Waals surface area contributed by atoms with Crippen molar-refractivity contribution in [2.24, 2.45) is 5.92 Å². The smallest absolute Gasteiger partial charge is 0.308 e. The second-order valence-electron chi connectivity index (χ2n) is 6.23. The molecule has 0 atom stereocenters. The number of rotatable bonds is 3. The Kier molecular flexibility index (Phi) is 4.74. The Balaban J connectivity index is 1.89. The van der Waals surface area contributed by atoms with E-state index in [9.17, 15) is 4.79 Å². The third-order valence-corrected chi connectivity index (χ3v) is 5.33. The molecule has 6 nitrogen and oxygen atoms in total. The van der Waals surface area contributed by atoms with Crippen LogP contribution in [0.4, 0.5) is 5.82 Å². The average molecular weight is 428 g/mol. The lowest BCUT2D eigenvalue weighted by Crippen LogP contribution is -2.23. The van der Waals surface area contributed by atoms with E-state index < -0.39 is 0 Å². The van der Waals surface area contributed by atoms with E-state index in [4.69, 9.17) is 9.72 Å². The summed E-state index contributed by atoms with van der Waals surface area (Å²) in [5, 5.41) is 4.42. The van der Waals surface area contributed by atoms with Gasteiger partial charge in [0.25, 0.3) is 0 Å². The van der Waals surface area contributed by atoms with E-state index in [1.165, 1.54) is 7.11 Å². The molecule has 1 fully saturated rings. The Morgan fingerprint density at radius 3 is 2.65 bits per heavy atom. The van der Waals surface area contributed by atoms with Crippen LogP contribution in [0.3, 0.4) is 0 Å². The van der Waals surface area contributed by atoms with Crippen LogP contribution in [0.2, 0.25) is 0 Å². The van der Waals surface area contributed by atoms with Crippen molar-refractivity contribution < 1.29 is 9.53 Å². The number of carbonyl (C=O) groups excluding carboxylic acids is 1. The van der Waals surface area contributed by atoms with Gasteiger partial charge in [-0.15, -0.1) is 0 Å². The van der Waals surface area contributed by atoms with E-state index in [1.807, 2.05) is 24.8 Å². The summed E-state index contributed by atoms with van der Waals surface area (Å²) in [6.45, 7) is 0. The molecule has 0 saturated heterocycles. The molecule has 0 unspecified atom stereocenters. The number of esters is 1. The first-order chi connectivity index (χ1) is 11.0. The van der Waals surface area contributed by atoms with Gasteiger partial charge in [0, 0.05) is 31.8 Å². The van der Waals surface area contributed by atoms with E-state index in [1.54, 1.807) is 0 Å². The second-order valence-corrected chi connectivity index (χ2v) is 7.40. The summed E-state index contributed by atoms with van der Waals surface area (Å²) in [5.41, 5.74) is 2.00. The van der Waals surface area contributed by atoms with Crippen LogP contribution in [0.25, 0.3) is 5.65 Å². The molecule has 7 heteroatoms. The van der Waals surface area contributed by atoms with Crippen molar-refractivity contribution in [1.29, 1.82) is 0 Å². The number of fused-ring (bicyclic) bond motifs is 1. The molecule has 1 saturated carbocycles. The van der Waals surface area contributed by atoms with Crippen LogP contribution in [0, 0.1) is 9.49 Å². The molecule has 2 heterocycles. The summed E-state index contributed by atoms with van der Waals surface area (Å²) in [7, 11) is 5.50. The predicted molar refractivity (Wildman–Crippen MR) is 96.7 cm³/mol. The Bertz CT molecular complexity index is 720. The summed E-state index contributed by atoms with van der Waals surface area (Å²) in [4.78, 5) is 18.6.